The monoisotopic (exact) mass is 340 g/mol. The van der Waals surface area contributed by atoms with Gasteiger partial charge in [-0.05, 0) is 30.9 Å². The summed E-state index contributed by atoms with van der Waals surface area (Å²) in [6.45, 7) is 1.21. The van der Waals surface area contributed by atoms with E-state index in [1.54, 1.807) is 30.3 Å². The highest BCUT2D eigenvalue weighted by molar-refractivity contribution is 5.84. The average molecular weight is 340 g/mol. The van der Waals surface area contributed by atoms with Crippen molar-refractivity contribution in [1.82, 2.24) is 10.6 Å². The van der Waals surface area contributed by atoms with E-state index in [2.05, 4.69) is 10.6 Å². The molecule has 2 fully saturated rings. The predicted molar refractivity (Wildman–Crippen MR) is 85.4 cm³/mol. The zero-order valence-corrected chi connectivity index (χ0v) is 13.5. The molecule has 2 aliphatic rings. The number of nitrogens with one attached hydrogen (secondary N) is 2. The van der Waals surface area contributed by atoms with Crippen molar-refractivity contribution < 1.29 is 18.0 Å². The Hall–Kier alpha value is -1.56. The SMILES string of the molecule is O=C(NC(Cc1ccccc1)C(F)(F)F)[C@@]12CCCC[C@H]1CNC2. The molecule has 0 aromatic heterocycles. The van der Waals surface area contributed by atoms with Gasteiger partial charge in [0, 0.05) is 13.0 Å². The van der Waals surface area contributed by atoms with Crippen molar-refractivity contribution in [3.63, 3.8) is 0 Å². The predicted octanol–water partition coefficient (Wildman–Crippen LogP) is 3.06. The number of carbonyl (C=O) groups is 1. The number of rotatable bonds is 4. The molecule has 1 heterocycles. The number of hydrogen-bond acceptors (Lipinski definition) is 2. The van der Waals surface area contributed by atoms with E-state index < -0.39 is 23.5 Å². The standard InChI is InChI=1S/C18H23F3N2O/c19-18(20,21)15(10-13-6-2-1-3-7-13)23-16(24)17-9-5-4-8-14(17)11-22-12-17/h1-3,6-7,14-15,22H,4-5,8-12H2,(H,23,24)/t14-,15?,17+/m0/s1. The van der Waals surface area contributed by atoms with Crippen LogP contribution in [0, 0.1) is 11.3 Å². The maximum atomic E-state index is 13.4. The summed E-state index contributed by atoms with van der Waals surface area (Å²) in [5.41, 5.74) is -0.0966. The summed E-state index contributed by atoms with van der Waals surface area (Å²) in [6, 6.07) is 6.65. The minimum Gasteiger partial charge on any atom is -0.344 e. The van der Waals surface area contributed by atoms with Crippen molar-refractivity contribution >= 4 is 5.91 Å². The first-order valence-corrected chi connectivity index (χ1v) is 8.54. The third-order valence-corrected chi connectivity index (χ3v) is 5.47. The summed E-state index contributed by atoms with van der Waals surface area (Å²) in [4.78, 5) is 12.8. The number of benzene rings is 1. The van der Waals surface area contributed by atoms with Crippen LogP contribution >= 0.6 is 0 Å². The van der Waals surface area contributed by atoms with Crippen LogP contribution in [-0.2, 0) is 11.2 Å². The first-order valence-electron chi connectivity index (χ1n) is 8.54. The van der Waals surface area contributed by atoms with E-state index in [0.717, 1.165) is 25.8 Å². The van der Waals surface area contributed by atoms with Crippen LogP contribution in [0.2, 0.25) is 0 Å². The zero-order chi connectivity index (χ0) is 17.2. The lowest BCUT2D eigenvalue weighted by atomic mass is 9.67. The van der Waals surface area contributed by atoms with Gasteiger partial charge in [-0.2, -0.15) is 13.2 Å². The second-order valence-corrected chi connectivity index (χ2v) is 6.99. The Labute approximate surface area is 140 Å². The highest BCUT2D eigenvalue weighted by atomic mass is 19.4. The third-order valence-electron chi connectivity index (χ3n) is 5.47. The fourth-order valence-corrected chi connectivity index (χ4v) is 4.09. The molecule has 3 atom stereocenters. The van der Waals surface area contributed by atoms with Crippen LogP contribution in [-0.4, -0.2) is 31.2 Å². The number of fused-ring (bicyclic) bond motifs is 1. The van der Waals surface area contributed by atoms with Gasteiger partial charge in [-0.15, -0.1) is 0 Å². The molecule has 3 rings (SSSR count). The quantitative estimate of drug-likeness (QED) is 0.884. The lowest BCUT2D eigenvalue weighted by molar-refractivity contribution is -0.166. The summed E-state index contributed by atoms with van der Waals surface area (Å²) < 4.78 is 40.3. The average Bonchev–Trinajstić information content (AvgIpc) is 2.99. The van der Waals surface area contributed by atoms with E-state index in [-0.39, 0.29) is 12.3 Å². The van der Waals surface area contributed by atoms with Crippen molar-refractivity contribution in [1.29, 1.82) is 0 Å². The first-order chi connectivity index (χ1) is 11.4. The summed E-state index contributed by atoms with van der Waals surface area (Å²) in [6.07, 6.45) is -1.15. The van der Waals surface area contributed by atoms with Crippen LogP contribution < -0.4 is 10.6 Å². The van der Waals surface area contributed by atoms with Crippen molar-refractivity contribution in [3.8, 4) is 0 Å². The van der Waals surface area contributed by atoms with Crippen LogP contribution in [0.4, 0.5) is 13.2 Å². The number of carbonyl (C=O) groups excluding carboxylic acids is 1. The lowest BCUT2D eigenvalue weighted by Crippen LogP contribution is -2.55. The smallest absolute Gasteiger partial charge is 0.344 e. The Kier molecular flexibility index (Phi) is 4.85. The van der Waals surface area contributed by atoms with Gasteiger partial charge >= 0.3 is 6.18 Å². The molecule has 0 spiro atoms. The molecule has 24 heavy (non-hydrogen) atoms. The van der Waals surface area contributed by atoms with Gasteiger partial charge in [-0.1, -0.05) is 43.2 Å². The Morgan fingerprint density at radius 2 is 2.04 bits per heavy atom. The Morgan fingerprint density at radius 1 is 1.29 bits per heavy atom. The van der Waals surface area contributed by atoms with Gasteiger partial charge in [-0.3, -0.25) is 4.79 Å². The molecule has 0 radical (unpaired) electrons. The molecule has 1 aliphatic heterocycles. The molecule has 2 N–H and O–H groups in total. The molecular weight excluding hydrogens is 317 g/mol. The largest absolute Gasteiger partial charge is 0.408 e. The molecule has 132 valence electrons. The maximum absolute atomic E-state index is 13.4. The molecule has 1 amide bonds. The highest BCUT2D eigenvalue weighted by Crippen LogP contribution is 2.44. The van der Waals surface area contributed by atoms with Crippen LogP contribution in [0.15, 0.2) is 30.3 Å². The number of alkyl halides is 3. The van der Waals surface area contributed by atoms with Crippen LogP contribution in [0.5, 0.6) is 0 Å². The topological polar surface area (TPSA) is 41.1 Å². The molecule has 3 nitrogen and oxygen atoms in total. The Bertz CT molecular complexity index is 575. The van der Waals surface area contributed by atoms with Gasteiger partial charge in [0.05, 0.1) is 5.41 Å². The highest BCUT2D eigenvalue weighted by Gasteiger charge is 2.52. The Morgan fingerprint density at radius 3 is 2.75 bits per heavy atom. The molecule has 1 aliphatic carbocycles. The molecule has 0 bridgehead atoms. The minimum atomic E-state index is -4.46. The number of hydrogen-bond donors (Lipinski definition) is 2. The Balaban J connectivity index is 1.76. The van der Waals surface area contributed by atoms with Gasteiger partial charge in [0.15, 0.2) is 0 Å². The summed E-state index contributed by atoms with van der Waals surface area (Å²) in [5, 5.41) is 5.54. The molecule has 1 unspecified atom stereocenters. The summed E-state index contributed by atoms with van der Waals surface area (Å²) in [5.74, 6) is -0.285. The van der Waals surface area contributed by atoms with Gasteiger partial charge in [0.2, 0.25) is 5.91 Å². The van der Waals surface area contributed by atoms with Crippen molar-refractivity contribution in [2.75, 3.05) is 13.1 Å². The number of halogens is 3. The fraction of sp³-hybridized carbons (Fsp3) is 0.611. The van der Waals surface area contributed by atoms with E-state index in [0.29, 0.717) is 18.5 Å². The van der Waals surface area contributed by atoms with Gasteiger partial charge in [0.1, 0.15) is 6.04 Å². The van der Waals surface area contributed by atoms with E-state index in [9.17, 15) is 18.0 Å². The van der Waals surface area contributed by atoms with E-state index >= 15 is 0 Å². The third kappa shape index (κ3) is 3.43. The first kappa shape index (κ1) is 17.3. The van der Waals surface area contributed by atoms with Crippen LogP contribution in [0.3, 0.4) is 0 Å². The van der Waals surface area contributed by atoms with E-state index in [1.165, 1.54) is 0 Å². The van der Waals surface area contributed by atoms with Crippen molar-refractivity contribution in [2.45, 2.75) is 44.3 Å². The number of amides is 1. The molecule has 6 heteroatoms. The summed E-state index contributed by atoms with van der Waals surface area (Å²) in [7, 11) is 0. The zero-order valence-electron chi connectivity index (χ0n) is 13.5. The van der Waals surface area contributed by atoms with Crippen molar-refractivity contribution in [3.05, 3.63) is 35.9 Å². The van der Waals surface area contributed by atoms with Crippen LogP contribution in [0.25, 0.3) is 0 Å². The molecule has 1 aromatic rings. The molecule has 1 saturated carbocycles. The van der Waals surface area contributed by atoms with Gasteiger partial charge in [-0.25, -0.2) is 0 Å². The van der Waals surface area contributed by atoms with Gasteiger partial charge in [0.25, 0.3) is 0 Å². The fourth-order valence-electron chi connectivity index (χ4n) is 4.09. The lowest BCUT2D eigenvalue weighted by Gasteiger charge is -2.38. The molecule has 1 saturated heterocycles. The van der Waals surface area contributed by atoms with Crippen LogP contribution in [0.1, 0.15) is 31.2 Å². The molecule has 1 aromatic carbocycles. The van der Waals surface area contributed by atoms with Crippen molar-refractivity contribution in [2.24, 2.45) is 11.3 Å². The minimum absolute atomic E-state index is 0.150. The second kappa shape index (κ2) is 6.75. The second-order valence-electron chi connectivity index (χ2n) is 6.99. The van der Waals surface area contributed by atoms with E-state index in [1.807, 2.05) is 0 Å². The van der Waals surface area contributed by atoms with E-state index in [4.69, 9.17) is 0 Å². The molecular formula is C18H23F3N2O. The maximum Gasteiger partial charge on any atom is 0.408 e. The van der Waals surface area contributed by atoms with Gasteiger partial charge < -0.3 is 10.6 Å². The summed E-state index contributed by atoms with van der Waals surface area (Å²) >= 11 is 0. The normalized spacial score (nSPS) is 28.2.